The summed E-state index contributed by atoms with van der Waals surface area (Å²) in [6.45, 7) is 0. The number of fused-ring (bicyclic) bond motifs is 2. The van der Waals surface area contributed by atoms with Crippen LogP contribution in [-0.4, -0.2) is 0 Å². The molecule has 0 nitrogen and oxygen atoms in total. The smallest absolute Gasteiger partial charge is 0 e. The Morgan fingerprint density at radius 3 is 1.38 bits per heavy atom. The van der Waals surface area contributed by atoms with Crippen molar-refractivity contribution in [1.82, 2.24) is 0 Å². The molecule has 0 radical (unpaired) electrons. The quantitative estimate of drug-likeness (QED) is 0.411. The van der Waals surface area contributed by atoms with E-state index >= 15 is 0 Å². The fourth-order valence-electron chi connectivity index (χ4n) is 1.33. The maximum atomic E-state index is 2.30. The summed E-state index contributed by atoms with van der Waals surface area (Å²) in [5.74, 6) is 1.62. The summed E-state index contributed by atoms with van der Waals surface area (Å²) >= 11 is 0. The maximum Gasteiger partial charge on any atom is 0 e. The van der Waals surface area contributed by atoms with Crippen LogP contribution in [0.4, 0.5) is 0 Å². The second kappa shape index (κ2) is 2.17. The van der Waals surface area contributed by atoms with Crippen LogP contribution in [0.25, 0.3) is 0 Å². The Bertz CT molecular complexity index is 107. The van der Waals surface area contributed by atoms with Gasteiger partial charge in [-0.3, -0.25) is 0 Å². The third kappa shape index (κ3) is 0.812. The van der Waals surface area contributed by atoms with Gasteiger partial charge in [0.25, 0.3) is 0 Å². The molecule has 1 heteroatoms. The van der Waals surface area contributed by atoms with E-state index < -0.39 is 0 Å². The van der Waals surface area contributed by atoms with Gasteiger partial charge in [-0.25, -0.2) is 0 Å². The standard InChI is InChI=1S/C7H8.Pd/c1-2-7-4-3-6(1)5-7;/h1-4,6-7H,5H2;. The van der Waals surface area contributed by atoms with Gasteiger partial charge in [0.1, 0.15) is 0 Å². The zero-order valence-corrected chi connectivity index (χ0v) is 6.04. The van der Waals surface area contributed by atoms with Gasteiger partial charge >= 0.3 is 0 Å². The molecule has 0 N–H and O–H groups in total. The van der Waals surface area contributed by atoms with Crippen molar-refractivity contribution in [2.45, 2.75) is 6.42 Å². The predicted molar refractivity (Wildman–Crippen MR) is 29.9 cm³/mol. The minimum atomic E-state index is 0. The van der Waals surface area contributed by atoms with Crippen LogP contribution in [0.1, 0.15) is 6.42 Å². The van der Waals surface area contributed by atoms with Crippen molar-refractivity contribution in [2.75, 3.05) is 0 Å². The molecule has 0 saturated heterocycles. The van der Waals surface area contributed by atoms with Gasteiger partial charge in [0, 0.05) is 20.4 Å². The minimum Gasteiger partial charge on any atom is -0.0810 e. The minimum absolute atomic E-state index is 0. The molecule has 0 aromatic heterocycles. The molecule has 46 valence electrons. The first-order valence-corrected chi connectivity index (χ1v) is 2.82. The van der Waals surface area contributed by atoms with Crippen molar-refractivity contribution < 1.29 is 20.4 Å². The summed E-state index contributed by atoms with van der Waals surface area (Å²) in [4.78, 5) is 0. The molecule has 8 heavy (non-hydrogen) atoms. The Morgan fingerprint density at radius 1 is 0.875 bits per heavy atom. The van der Waals surface area contributed by atoms with Gasteiger partial charge < -0.3 is 0 Å². The van der Waals surface area contributed by atoms with Gasteiger partial charge in [0.15, 0.2) is 0 Å². The van der Waals surface area contributed by atoms with Gasteiger partial charge in [-0.15, -0.1) is 0 Å². The van der Waals surface area contributed by atoms with Crippen LogP contribution in [0.3, 0.4) is 0 Å². The van der Waals surface area contributed by atoms with Crippen LogP contribution in [0, 0.1) is 11.8 Å². The van der Waals surface area contributed by atoms with Crippen molar-refractivity contribution in [3.8, 4) is 0 Å². The third-order valence-corrected chi connectivity index (χ3v) is 1.76. The third-order valence-electron chi connectivity index (χ3n) is 1.76. The summed E-state index contributed by atoms with van der Waals surface area (Å²) in [5, 5.41) is 0. The Hall–Kier alpha value is 0.142. The molecule has 2 rings (SSSR count). The SMILES string of the molecule is C1=CC2C=CC1C2.[Pd]. The van der Waals surface area contributed by atoms with E-state index in [4.69, 9.17) is 0 Å². The van der Waals surface area contributed by atoms with E-state index in [1.165, 1.54) is 6.42 Å². The molecular formula is C7H8Pd. The van der Waals surface area contributed by atoms with Crippen LogP contribution >= 0.6 is 0 Å². The van der Waals surface area contributed by atoms with Crippen molar-refractivity contribution in [2.24, 2.45) is 11.8 Å². The van der Waals surface area contributed by atoms with Crippen LogP contribution in [0.15, 0.2) is 24.3 Å². The van der Waals surface area contributed by atoms with E-state index in [1.807, 2.05) is 0 Å². The van der Waals surface area contributed by atoms with Crippen molar-refractivity contribution >= 4 is 0 Å². The Morgan fingerprint density at radius 2 is 1.25 bits per heavy atom. The van der Waals surface area contributed by atoms with Crippen LogP contribution in [0.5, 0.6) is 0 Å². The topological polar surface area (TPSA) is 0 Å². The Labute approximate surface area is 63.3 Å². The van der Waals surface area contributed by atoms with Gasteiger partial charge in [0.05, 0.1) is 0 Å². The van der Waals surface area contributed by atoms with E-state index in [2.05, 4.69) is 24.3 Å². The Balaban J connectivity index is 0.000000320. The second-order valence-corrected chi connectivity index (χ2v) is 2.33. The first-order chi connectivity index (χ1) is 3.45. The van der Waals surface area contributed by atoms with E-state index in [-0.39, 0.29) is 20.4 Å². The van der Waals surface area contributed by atoms with E-state index in [0.717, 1.165) is 11.8 Å². The number of allylic oxidation sites excluding steroid dienone is 4. The molecule has 2 aliphatic carbocycles. The monoisotopic (exact) mass is 198 g/mol. The normalized spacial score (nSPS) is 38.0. The van der Waals surface area contributed by atoms with E-state index in [0.29, 0.717) is 0 Å². The molecule has 0 aliphatic heterocycles. The fraction of sp³-hybridized carbons (Fsp3) is 0.429. The molecule has 2 aliphatic rings. The molecule has 0 spiro atoms. The molecule has 0 aromatic carbocycles. The first kappa shape index (κ1) is 6.27. The van der Waals surface area contributed by atoms with Crippen molar-refractivity contribution in [1.29, 1.82) is 0 Å². The van der Waals surface area contributed by atoms with E-state index in [9.17, 15) is 0 Å². The maximum absolute atomic E-state index is 2.30. The van der Waals surface area contributed by atoms with Gasteiger partial charge in [0.2, 0.25) is 0 Å². The summed E-state index contributed by atoms with van der Waals surface area (Å²) in [7, 11) is 0. The number of hydrogen-bond donors (Lipinski definition) is 0. The second-order valence-electron chi connectivity index (χ2n) is 2.33. The molecule has 0 atom stereocenters. The van der Waals surface area contributed by atoms with Gasteiger partial charge in [-0.05, 0) is 18.3 Å². The van der Waals surface area contributed by atoms with Gasteiger partial charge in [-0.2, -0.15) is 0 Å². The molecule has 0 fully saturated rings. The van der Waals surface area contributed by atoms with Crippen molar-refractivity contribution in [3.63, 3.8) is 0 Å². The first-order valence-electron chi connectivity index (χ1n) is 2.82. The van der Waals surface area contributed by atoms with Gasteiger partial charge in [-0.1, -0.05) is 24.3 Å². The summed E-state index contributed by atoms with van der Waals surface area (Å²) in [6, 6.07) is 0. The zero-order valence-electron chi connectivity index (χ0n) is 4.49. The average molecular weight is 199 g/mol. The number of hydrogen-bond acceptors (Lipinski definition) is 0. The largest absolute Gasteiger partial charge is 0.0810 e. The molecule has 0 aromatic rings. The summed E-state index contributed by atoms with van der Waals surface area (Å²) in [5.41, 5.74) is 0. The predicted octanol–water partition coefficient (Wildman–Crippen LogP) is 1.75. The molecule has 0 saturated carbocycles. The molecule has 2 bridgehead atoms. The van der Waals surface area contributed by atoms with E-state index in [1.54, 1.807) is 0 Å². The summed E-state index contributed by atoms with van der Waals surface area (Å²) in [6.07, 6.45) is 10.5. The fourth-order valence-corrected chi connectivity index (χ4v) is 1.33. The molecular weight excluding hydrogens is 190 g/mol. The Kier molecular flexibility index (Phi) is 1.70. The van der Waals surface area contributed by atoms with Crippen LogP contribution < -0.4 is 0 Å². The molecule has 0 heterocycles. The summed E-state index contributed by atoms with van der Waals surface area (Å²) < 4.78 is 0. The van der Waals surface area contributed by atoms with Crippen LogP contribution in [-0.2, 0) is 20.4 Å². The number of rotatable bonds is 0. The van der Waals surface area contributed by atoms with Crippen LogP contribution in [0.2, 0.25) is 0 Å². The molecule has 0 unspecified atom stereocenters. The zero-order chi connectivity index (χ0) is 4.69. The average Bonchev–Trinajstić information content (AvgIpc) is 2.22. The van der Waals surface area contributed by atoms with Crippen molar-refractivity contribution in [3.05, 3.63) is 24.3 Å². The molecule has 0 amide bonds.